The lowest BCUT2D eigenvalue weighted by atomic mass is 10.2. The molecule has 1 aliphatic heterocycles. The molecular formula is C20H25N5O2S. The third-order valence-corrected chi connectivity index (χ3v) is 6.69. The molecule has 2 aliphatic rings. The van der Waals surface area contributed by atoms with Gasteiger partial charge in [-0.15, -0.1) is 11.3 Å². The van der Waals surface area contributed by atoms with Crippen LogP contribution in [0.3, 0.4) is 0 Å². The second-order valence-corrected chi connectivity index (χ2v) is 9.20. The summed E-state index contributed by atoms with van der Waals surface area (Å²) in [5.74, 6) is 0.808. The topological polar surface area (TPSA) is 71.6 Å². The first kappa shape index (κ1) is 17.9. The lowest BCUT2D eigenvalue weighted by Crippen LogP contribution is -2.41. The molecule has 1 atom stereocenters. The Labute approximate surface area is 166 Å². The summed E-state index contributed by atoms with van der Waals surface area (Å²) >= 11 is 1.60. The summed E-state index contributed by atoms with van der Waals surface area (Å²) < 4.78 is 3.28. The zero-order chi connectivity index (χ0) is 19.4. The molecule has 3 aromatic heterocycles. The van der Waals surface area contributed by atoms with Gasteiger partial charge in [0, 0.05) is 36.5 Å². The average Bonchev–Trinajstić information content (AvgIpc) is 3.06. The number of nitrogens with one attached hydrogen (secondary N) is 1. The van der Waals surface area contributed by atoms with E-state index in [9.17, 15) is 9.59 Å². The van der Waals surface area contributed by atoms with Crippen LogP contribution in [0.5, 0.6) is 0 Å². The Hall–Kier alpha value is -2.19. The lowest BCUT2D eigenvalue weighted by molar-refractivity contribution is -0.122. The molecule has 3 aromatic rings. The monoisotopic (exact) mass is 399 g/mol. The van der Waals surface area contributed by atoms with E-state index in [4.69, 9.17) is 0 Å². The van der Waals surface area contributed by atoms with E-state index in [1.54, 1.807) is 11.3 Å². The SMILES string of the molecule is CC(C)c1nn(CC(=O)NC2CCN(C3CC3)C2)c(=O)c2cc3ccsc3n12. The Morgan fingerprint density at radius 1 is 1.36 bits per heavy atom. The number of rotatable bonds is 5. The van der Waals surface area contributed by atoms with Gasteiger partial charge in [-0.3, -0.25) is 18.9 Å². The third kappa shape index (κ3) is 3.04. The number of hydrogen-bond acceptors (Lipinski definition) is 5. The molecule has 0 radical (unpaired) electrons. The van der Waals surface area contributed by atoms with E-state index in [0.717, 1.165) is 41.6 Å². The predicted octanol–water partition coefficient (Wildman–Crippen LogP) is 2.19. The number of nitrogens with zero attached hydrogens (tertiary/aromatic N) is 4. The zero-order valence-electron chi connectivity index (χ0n) is 16.2. The van der Waals surface area contributed by atoms with Gasteiger partial charge in [0.05, 0.1) is 0 Å². The number of carbonyl (C=O) groups is 1. The van der Waals surface area contributed by atoms with Crippen molar-refractivity contribution in [3.05, 3.63) is 33.7 Å². The van der Waals surface area contributed by atoms with Gasteiger partial charge in [0.25, 0.3) is 5.56 Å². The van der Waals surface area contributed by atoms with Crippen LogP contribution in [0.15, 0.2) is 22.3 Å². The van der Waals surface area contributed by atoms with Crippen LogP contribution in [-0.2, 0) is 11.3 Å². The smallest absolute Gasteiger partial charge is 0.291 e. The third-order valence-electron chi connectivity index (χ3n) is 5.77. The van der Waals surface area contributed by atoms with Gasteiger partial charge in [-0.05, 0) is 36.8 Å². The van der Waals surface area contributed by atoms with Crippen molar-refractivity contribution in [2.45, 2.75) is 57.7 Å². The van der Waals surface area contributed by atoms with Crippen molar-refractivity contribution in [3.8, 4) is 0 Å². The normalized spacial score (nSPS) is 20.6. The number of likely N-dealkylation sites (tertiary alicyclic amines) is 1. The van der Waals surface area contributed by atoms with Crippen LogP contribution in [0.25, 0.3) is 15.7 Å². The number of thiophene rings is 1. The van der Waals surface area contributed by atoms with Crippen LogP contribution >= 0.6 is 11.3 Å². The first-order valence-electron chi connectivity index (χ1n) is 10.0. The molecule has 1 unspecified atom stereocenters. The van der Waals surface area contributed by atoms with Gasteiger partial charge in [-0.1, -0.05) is 13.8 Å². The maximum absolute atomic E-state index is 13.0. The predicted molar refractivity (Wildman–Crippen MR) is 110 cm³/mol. The van der Waals surface area contributed by atoms with Gasteiger partial charge in [0.2, 0.25) is 5.91 Å². The Bertz CT molecular complexity index is 1110. The molecule has 5 rings (SSSR count). The van der Waals surface area contributed by atoms with Gasteiger partial charge in [0.15, 0.2) is 0 Å². The molecule has 8 heteroatoms. The Balaban J connectivity index is 1.41. The minimum absolute atomic E-state index is 0.0339. The van der Waals surface area contributed by atoms with Crippen molar-refractivity contribution >= 4 is 33.0 Å². The highest BCUT2D eigenvalue weighted by molar-refractivity contribution is 7.16. The van der Waals surface area contributed by atoms with Crippen LogP contribution in [-0.4, -0.2) is 50.2 Å². The zero-order valence-corrected chi connectivity index (χ0v) is 17.0. The van der Waals surface area contributed by atoms with E-state index in [2.05, 4.69) is 29.2 Å². The molecule has 4 heterocycles. The van der Waals surface area contributed by atoms with Crippen molar-refractivity contribution in [2.75, 3.05) is 13.1 Å². The number of carbonyl (C=O) groups excluding carboxylic acids is 1. The Kier molecular flexibility index (Phi) is 4.28. The maximum Gasteiger partial charge on any atom is 0.291 e. The van der Waals surface area contributed by atoms with E-state index >= 15 is 0 Å². The summed E-state index contributed by atoms with van der Waals surface area (Å²) in [6, 6.07) is 4.82. The molecule has 1 amide bonds. The van der Waals surface area contributed by atoms with Gasteiger partial charge in [-0.25, -0.2) is 4.68 Å². The maximum atomic E-state index is 13.0. The molecule has 2 fully saturated rings. The molecule has 0 spiro atoms. The Morgan fingerprint density at radius 2 is 2.18 bits per heavy atom. The molecular weight excluding hydrogens is 374 g/mol. The van der Waals surface area contributed by atoms with Gasteiger partial charge in [0.1, 0.15) is 22.7 Å². The fourth-order valence-corrected chi connectivity index (χ4v) is 5.13. The fourth-order valence-electron chi connectivity index (χ4n) is 4.22. The highest BCUT2D eigenvalue weighted by Crippen LogP contribution is 2.30. The highest BCUT2D eigenvalue weighted by atomic mass is 32.1. The minimum Gasteiger partial charge on any atom is -0.350 e. The van der Waals surface area contributed by atoms with E-state index in [-0.39, 0.29) is 30.0 Å². The molecule has 1 aliphatic carbocycles. The Morgan fingerprint density at radius 3 is 2.93 bits per heavy atom. The second kappa shape index (κ2) is 6.70. The van der Waals surface area contributed by atoms with Crippen molar-refractivity contribution in [3.63, 3.8) is 0 Å². The number of amides is 1. The van der Waals surface area contributed by atoms with Crippen LogP contribution in [0.4, 0.5) is 0 Å². The van der Waals surface area contributed by atoms with E-state index in [1.165, 1.54) is 17.5 Å². The van der Waals surface area contributed by atoms with Crippen LogP contribution in [0, 0.1) is 0 Å². The number of aromatic nitrogens is 3. The molecule has 0 bridgehead atoms. The molecule has 148 valence electrons. The van der Waals surface area contributed by atoms with Crippen LogP contribution in [0.1, 0.15) is 44.9 Å². The highest BCUT2D eigenvalue weighted by Gasteiger charge is 2.34. The molecule has 0 aromatic carbocycles. The fraction of sp³-hybridized carbons (Fsp3) is 0.550. The first-order chi connectivity index (χ1) is 13.5. The number of fused-ring (bicyclic) bond motifs is 3. The lowest BCUT2D eigenvalue weighted by Gasteiger charge is -2.16. The van der Waals surface area contributed by atoms with Crippen LogP contribution < -0.4 is 10.9 Å². The average molecular weight is 400 g/mol. The summed E-state index contributed by atoms with van der Waals surface area (Å²) in [6.07, 6.45) is 3.55. The van der Waals surface area contributed by atoms with Gasteiger partial charge >= 0.3 is 0 Å². The van der Waals surface area contributed by atoms with Crippen molar-refractivity contribution in [1.29, 1.82) is 0 Å². The summed E-state index contributed by atoms with van der Waals surface area (Å²) in [4.78, 5) is 29.1. The standard InChI is InChI=1S/C20H25N5O2S/c1-12(2)18-22-24(19(27)16-9-13-6-8-28-20(13)25(16)18)11-17(26)21-14-5-7-23(10-14)15-3-4-15/h6,8-9,12,14-15H,3-5,7,10-11H2,1-2H3,(H,21,26). The quantitative estimate of drug-likeness (QED) is 0.714. The summed E-state index contributed by atoms with van der Waals surface area (Å²) in [5.41, 5.74) is 0.378. The summed E-state index contributed by atoms with van der Waals surface area (Å²) in [7, 11) is 0. The second-order valence-electron chi connectivity index (χ2n) is 8.30. The van der Waals surface area contributed by atoms with E-state index < -0.39 is 0 Å². The summed E-state index contributed by atoms with van der Waals surface area (Å²) in [6.45, 7) is 6.05. The molecule has 28 heavy (non-hydrogen) atoms. The van der Waals surface area contributed by atoms with E-state index in [0.29, 0.717) is 5.52 Å². The summed E-state index contributed by atoms with van der Waals surface area (Å²) in [5, 5.41) is 10.7. The van der Waals surface area contributed by atoms with Crippen molar-refractivity contribution < 1.29 is 4.79 Å². The number of hydrogen-bond donors (Lipinski definition) is 1. The van der Waals surface area contributed by atoms with Gasteiger partial charge in [-0.2, -0.15) is 5.10 Å². The first-order valence-corrected chi connectivity index (χ1v) is 10.9. The largest absolute Gasteiger partial charge is 0.350 e. The van der Waals surface area contributed by atoms with Crippen molar-refractivity contribution in [1.82, 2.24) is 24.4 Å². The van der Waals surface area contributed by atoms with Crippen molar-refractivity contribution in [2.24, 2.45) is 0 Å². The molecule has 1 N–H and O–H groups in total. The molecule has 1 saturated heterocycles. The van der Waals surface area contributed by atoms with Crippen LogP contribution in [0.2, 0.25) is 0 Å². The minimum atomic E-state index is -0.214. The molecule has 7 nitrogen and oxygen atoms in total. The van der Waals surface area contributed by atoms with E-state index in [1.807, 2.05) is 21.9 Å². The molecule has 1 saturated carbocycles. The van der Waals surface area contributed by atoms with Gasteiger partial charge < -0.3 is 5.32 Å².